The van der Waals surface area contributed by atoms with Gasteiger partial charge in [-0.1, -0.05) is 0 Å². The van der Waals surface area contributed by atoms with Gasteiger partial charge in [0.15, 0.2) is 0 Å². The SMILES string of the molecule is CC(=O)NCCNc1cccnc1OC(C)C. The lowest BCUT2D eigenvalue weighted by Gasteiger charge is -2.14. The first-order valence-electron chi connectivity index (χ1n) is 5.69. The lowest BCUT2D eigenvalue weighted by atomic mass is 10.4. The molecular weight excluding hydrogens is 218 g/mol. The van der Waals surface area contributed by atoms with Crippen LogP contribution in [0.15, 0.2) is 18.3 Å². The highest BCUT2D eigenvalue weighted by molar-refractivity contribution is 5.72. The van der Waals surface area contributed by atoms with Crippen molar-refractivity contribution in [1.82, 2.24) is 10.3 Å². The highest BCUT2D eigenvalue weighted by Gasteiger charge is 2.05. The predicted octanol–water partition coefficient (Wildman–Crippen LogP) is 1.42. The van der Waals surface area contributed by atoms with E-state index in [0.717, 1.165) is 5.69 Å². The number of aromatic nitrogens is 1. The zero-order valence-corrected chi connectivity index (χ0v) is 10.5. The summed E-state index contributed by atoms with van der Waals surface area (Å²) in [5.41, 5.74) is 0.839. The van der Waals surface area contributed by atoms with E-state index in [1.54, 1.807) is 6.20 Å². The number of ether oxygens (including phenoxy) is 1. The molecule has 0 atom stereocenters. The van der Waals surface area contributed by atoms with E-state index < -0.39 is 0 Å². The van der Waals surface area contributed by atoms with Crippen LogP contribution in [0.5, 0.6) is 5.88 Å². The molecule has 0 aliphatic heterocycles. The number of nitrogens with zero attached hydrogens (tertiary/aromatic N) is 1. The Kier molecular flexibility index (Phi) is 5.26. The van der Waals surface area contributed by atoms with Crippen molar-refractivity contribution in [1.29, 1.82) is 0 Å². The lowest BCUT2D eigenvalue weighted by Crippen LogP contribution is -2.26. The van der Waals surface area contributed by atoms with Gasteiger partial charge in [0.05, 0.1) is 11.8 Å². The van der Waals surface area contributed by atoms with E-state index >= 15 is 0 Å². The van der Waals surface area contributed by atoms with Crippen LogP contribution < -0.4 is 15.4 Å². The number of anilines is 1. The Hall–Kier alpha value is -1.78. The topological polar surface area (TPSA) is 63.2 Å². The average molecular weight is 237 g/mol. The van der Waals surface area contributed by atoms with E-state index in [-0.39, 0.29) is 12.0 Å². The second kappa shape index (κ2) is 6.73. The molecule has 0 saturated carbocycles. The molecule has 1 aromatic heterocycles. The number of nitrogens with one attached hydrogen (secondary N) is 2. The van der Waals surface area contributed by atoms with Gasteiger partial charge in [-0.3, -0.25) is 4.79 Å². The Morgan fingerprint density at radius 1 is 1.47 bits per heavy atom. The zero-order chi connectivity index (χ0) is 12.7. The van der Waals surface area contributed by atoms with Crippen LogP contribution in [0.1, 0.15) is 20.8 Å². The van der Waals surface area contributed by atoms with Gasteiger partial charge in [0.25, 0.3) is 0 Å². The van der Waals surface area contributed by atoms with Crippen LogP contribution in [0.3, 0.4) is 0 Å². The minimum Gasteiger partial charge on any atom is -0.473 e. The van der Waals surface area contributed by atoms with Gasteiger partial charge < -0.3 is 15.4 Å². The molecule has 94 valence electrons. The number of carbonyl (C=O) groups excluding carboxylic acids is 1. The fourth-order valence-corrected chi connectivity index (χ4v) is 1.28. The number of hydrogen-bond acceptors (Lipinski definition) is 4. The van der Waals surface area contributed by atoms with Crippen LogP contribution in [-0.2, 0) is 4.79 Å². The van der Waals surface area contributed by atoms with E-state index in [9.17, 15) is 4.79 Å². The van der Waals surface area contributed by atoms with Gasteiger partial charge in [0.1, 0.15) is 0 Å². The second-order valence-corrected chi connectivity index (χ2v) is 3.93. The van der Waals surface area contributed by atoms with Gasteiger partial charge >= 0.3 is 0 Å². The molecule has 0 aliphatic carbocycles. The average Bonchev–Trinajstić information content (AvgIpc) is 2.25. The van der Waals surface area contributed by atoms with Crippen molar-refractivity contribution in [3.63, 3.8) is 0 Å². The predicted molar refractivity (Wildman–Crippen MR) is 67.2 cm³/mol. The normalized spacial score (nSPS) is 10.1. The third-order valence-corrected chi connectivity index (χ3v) is 1.93. The highest BCUT2D eigenvalue weighted by atomic mass is 16.5. The summed E-state index contributed by atoms with van der Waals surface area (Å²) in [6.45, 7) is 6.62. The molecule has 1 amide bonds. The van der Waals surface area contributed by atoms with E-state index in [1.807, 2.05) is 26.0 Å². The number of carbonyl (C=O) groups is 1. The van der Waals surface area contributed by atoms with Gasteiger partial charge in [-0.15, -0.1) is 0 Å². The Labute approximate surface area is 102 Å². The first-order valence-corrected chi connectivity index (χ1v) is 5.69. The Morgan fingerprint density at radius 3 is 2.88 bits per heavy atom. The van der Waals surface area contributed by atoms with Crippen molar-refractivity contribution in [2.24, 2.45) is 0 Å². The summed E-state index contributed by atoms with van der Waals surface area (Å²) in [6.07, 6.45) is 1.78. The Morgan fingerprint density at radius 2 is 2.24 bits per heavy atom. The van der Waals surface area contributed by atoms with Crippen molar-refractivity contribution in [3.8, 4) is 5.88 Å². The Balaban J connectivity index is 2.49. The summed E-state index contributed by atoms with van der Waals surface area (Å²) in [5.74, 6) is 0.557. The Bertz CT molecular complexity index is 367. The zero-order valence-electron chi connectivity index (χ0n) is 10.5. The molecule has 2 N–H and O–H groups in total. The molecule has 0 saturated heterocycles. The van der Waals surface area contributed by atoms with Crippen molar-refractivity contribution >= 4 is 11.6 Å². The van der Waals surface area contributed by atoms with E-state index in [2.05, 4.69) is 15.6 Å². The van der Waals surface area contributed by atoms with Gasteiger partial charge in [0, 0.05) is 26.2 Å². The molecule has 17 heavy (non-hydrogen) atoms. The number of amides is 1. The molecular formula is C12H19N3O2. The summed E-state index contributed by atoms with van der Waals surface area (Å²) in [4.78, 5) is 14.9. The molecule has 0 bridgehead atoms. The molecule has 0 unspecified atom stereocenters. The van der Waals surface area contributed by atoms with Gasteiger partial charge in [-0.25, -0.2) is 4.98 Å². The number of rotatable bonds is 6. The smallest absolute Gasteiger partial charge is 0.237 e. The van der Waals surface area contributed by atoms with Crippen LogP contribution in [0.2, 0.25) is 0 Å². The monoisotopic (exact) mass is 237 g/mol. The van der Waals surface area contributed by atoms with Crippen molar-refractivity contribution in [2.75, 3.05) is 18.4 Å². The fraction of sp³-hybridized carbons (Fsp3) is 0.500. The first-order chi connectivity index (χ1) is 8.09. The molecule has 0 aliphatic rings. The molecule has 0 fully saturated rings. The van der Waals surface area contributed by atoms with Crippen LogP contribution in [-0.4, -0.2) is 30.1 Å². The first kappa shape index (κ1) is 13.3. The maximum atomic E-state index is 10.7. The summed E-state index contributed by atoms with van der Waals surface area (Å²) in [6, 6.07) is 3.74. The van der Waals surface area contributed by atoms with Crippen LogP contribution in [0.4, 0.5) is 5.69 Å². The minimum absolute atomic E-state index is 0.0309. The van der Waals surface area contributed by atoms with Gasteiger partial charge in [0.2, 0.25) is 11.8 Å². The van der Waals surface area contributed by atoms with Crippen molar-refractivity contribution in [2.45, 2.75) is 26.9 Å². The standard InChI is InChI=1S/C12H19N3O2/c1-9(2)17-12-11(5-4-6-15-12)14-8-7-13-10(3)16/h4-6,9,14H,7-8H2,1-3H3,(H,13,16). The molecule has 0 spiro atoms. The van der Waals surface area contributed by atoms with E-state index in [4.69, 9.17) is 4.74 Å². The number of pyridine rings is 1. The van der Waals surface area contributed by atoms with Crippen LogP contribution in [0, 0.1) is 0 Å². The maximum Gasteiger partial charge on any atom is 0.237 e. The molecule has 1 rings (SSSR count). The van der Waals surface area contributed by atoms with E-state index in [0.29, 0.717) is 19.0 Å². The summed E-state index contributed by atoms with van der Waals surface area (Å²) in [5, 5.41) is 5.89. The maximum absolute atomic E-state index is 10.7. The molecule has 1 aromatic rings. The lowest BCUT2D eigenvalue weighted by molar-refractivity contribution is -0.118. The van der Waals surface area contributed by atoms with E-state index in [1.165, 1.54) is 6.92 Å². The van der Waals surface area contributed by atoms with Crippen LogP contribution in [0.25, 0.3) is 0 Å². The fourth-order valence-electron chi connectivity index (χ4n) is 1.28. The largest absolute Gasteiger partial charge is 0.473 e. The molecule has 5 nitrogen and oxygen atoms in total. The minimum atomic E-state index is -0.0309. The summed E-state index contributed by atoms with van der Waals surface area (Å²) in [7, 11) is 0. The molecule has 0 aromatic carbocycles. The molecule has 1 heterocycles. The quantitative estimate of drug-likeness (QED) is 0.734. The van der Waals surface area contributed by atoms with Gasteiger partial charge in [-0.2, -0.15) is 0 Å². The molecule has 5 heteroatoms. The third-order valence-electron chi connectivity index (χ3n) is 1.93. The van der Waals surface area contributed by atoms with Crippen molar-refractivity contribution < 1.29 is 9.53 Å². The summed E-state index contributed by atoms with van der Waals surface area (Å²) < 4.78 is 5.56. The van der Waals surface area contributed by atoms with Crippen LogP contribution >= 0.6 is 0 Å². The van der Waals surface area contributed by atoms with Gasteiger partial charge in [-0.05, 0) is 26.0 Å². The highest BCUT2D eigenvalue weighted by Crippen LogP contribution is 2.21. The summed E-state index contributed by atoms with van der Waals surface area (Å²) >= 11 is 0. The molecule has 0 radical (unpaired) electrons. The number of hydrogen-bond donors (Lipinski definition) is 2. The third kappa shape index (κ3) is 5.19. The van der Waals surface area contributed by atoms with Crippen molar-refractivity contribution in [3.05, 3.63) is 18.3 Å². The second-order valence-electron chi connectivity index (χ2n) is 3.93.